The molecule has 0 aromatic carbocycles. The summed E-state index contributed by atoms with van der Waals surface area (Å²) in [4.78, 5) is 0. The lowest BCUT2D eigenvalue weighted by molar-refractivity contribution is 0.577. The maximum Gasteiger partial charge on any atom is 0.0173 e. The highest BCUT2D eigenvalue weighted by Crippen LogP contribution is 2.15. The third-order valence-corrected chi connectivity index (χ3v) is 3.20. The Hall–Kier alpha value is 0.0500. The second-order valence-corrected chi connectivity index (χ2v) is 4.12. The van der Waals surface area contributed by atoms with Gasteiger partial charge in [-0.25, -0.2) is 0 Å². The Morgan fingerprint density at radius 2 is 2.20 bits per heavy atom. The largest absolute Gasteiger partial charge is 0.310 e. The molecule has 0 saturated carbocycles. The highest BCUT2D eigenvalue weighted by Gasteiger charge is 2.11. The molecule has 0 aromatic heterocycles. The summed E-state index contributed by atoms with van der Waals surface area (Å²) >= 11 is 2.01. The predicted octanol–water partition coefficient (Wildman–Crippen LogP) is 1.66. The van der Waals surface area contributed by atoms with E-state index in [0.29, 0.717) is 6.04 Å². The molecule has 0 spiro atoms. The number of hydrogen-bond acceptors (Lipinski definition) is 2. The van der Waals surface area contributed by atoms with E-state index in [4.69, 9.17) is 0 Å². The van der Waals surface area contributed by atoms with E-state index >= 15 is 0 Å². The van der Waals surface area contributed by atoms with Crippen molar-refractivity contribution in [3.8, 4) is 0 Å². The molecule has 1 aliphatic rings. The van der Waals surface area contributed by atoms with Crippen LogP contribution in [0.1, 0.15) is 13.8 Å². The molecule has 0 aromatic rings. The summed E-state index contributed by atoms with van der Waals surface area (Å²) in [5, 5.41) is 4.17. The Bertz CT molecular complexity index is 108. The first-order chi connectivity index (χ1) is 4.80. The molecule has 1 rings (SSSR count). The van der Waals surface area contributed by atoms with Crippen molar-refractivity contribution >= 4 is 11.8 Å². The van der Waals surface area contributed by atoms with E-state index in [0.717, 1.165) is 11.8 Å². The first-order valence-electron chi connectivity index (χ1n) is 3.80. The van der Waals surface area contributed by atoms with Gasteiger partial charge < -0.3 is 5.32 Å². The summed E-state index contributed by atoms with van der Waals surface area (Å²) in [7, 11) is 0. The molecule has 10 heavy (non-hydrogen) atoms. The van der Waals surface area contributed by atoms with Crippen LogP contribution >= 0.6 is 11.8 Å². The average Bonchev–Trinajstić information content (AvgIpc) is 1.92. The number of nitrogens with one attached hydrogen (secondary N) is 1. The molecule has 1 heterocycles. The van der Waals surface area contributed by atoms with E-state index in [1.807, 2.05) is 11.8 Å². The molecule has 0 aliphatic carbocycles. The minimum absolute atomic E-state index is 0.648. The van der Waals surface area contributed by atoms with E-state index < -0.39 is 0 Å². The number of thioether (sulfide) groups is 1. The quantitative estimate of drug-likeness (QED) is 0.537. The van der Waals surface area contributed by atoms with Gasteiger partial charge in [-0.15, -0.1) is 0 Å². The third kappa shape index (κ3) is 2.35. The van der Waals surface area contributed by atoms with Crippen LogP contribution < -0.4 is 5.32 Å². The second kappa shape index (κ2) is 4.04. The van der Waals surface area contributed by atoms with Crippen molar-refractivity contribution in [2.24, 2.45) is 0 Å². The molecule has 1 nitrogen and oxygen atoms in total. The Morgan fingerprint density at radius 3 is 3.00 bits per heavy atom. The lowest BCUT2D eigenvalue weighted by Gasteiger charge is -2.21. The van der Waals surface area contributed by atoms with Gasteiger partial charge in [0.05, 0.1) is 0 Å². The van der Waals surface area contributed by atoms with Crippen molar-refractivity contribution in [2.45, 2.75) is 25.1 Å². The van der Waals surface area contributed by atoms with E-state index in [1.54, 1.807) is 0 Å². The van der Waals surface area contributed by atoms with E-state index in [2.05, 4.69) is 31.3 Å². The van der Waals surface area contributed by atoms with Crippen molar-refractivity contribution in [2.75, 3.05) is 12.3 Å². The molecule has 1 N–H and O–H groups in total. The van der Waals surface area contributed by atoms with Crippen LogP contribution in [-0.4, -0.2) is 23.6 Å². The van der Waals surface area contributed by atoms with Gasteiger partial charge in [0.2, 0.25) is 0 Å². The smallest absolute Gasteiger partial charge is 0.0173 e. The van der Waals surface area contributed by atoms with Gasteiger partial charge in [-0.05, 0) is 6.92 Å². The first-order valence-corrected chi connectivity index (χ1v) is 4.85. The SMILES string of the molecule is CC1NC/C=C\CSC1C. The van der Waals surface area contributed by atoms with Gasteiger partial charge in [0.15, 0.2) is 0 Å². The van der Waals surface area contributed by atoms with Crippen molar-refractivity contribution in [3.05, 3.63) is 12.2 Å². The second-order valence-electron chi connectivity index (χ2n) is 2.71. The van der Waals surface area contributed by atoms with Crippen molar-refractivity contribution in [1.82, 2.24) is 5.32 Å². The standard InChI is InChI=1S/C8H15NS/c1-7-8(2)10-6-4-3-5-9-7/h3-4,7-9H,5-6H2,1-2H3/b4-3-. The molecule has 2 atom stereocenters. The third-order valence-electron chi connectivity index (χ3n) is 1.88. The zero-order valence-corrected chi connectivity index (χ0v) is 7.45. The molecule has 1 aliphatic heterocycles. The maximum absolute atomic E-state index is 3.43. The van der Waals surface area contributed by atoms with Crippen LogP contribution in [-0.2, 0) is 0 Å². The highest BCUT2D eigenvalue weighted by molar-refractivity contribution is 8.00. The van der Waals surface area contributed by atoms with Gasteiger partial charge >= 0.3 is 0 Å². The summed E-state index contributed by atoms with van der Waals surface area (Å²) in [6, 6.07) is 0.648. The summed E-state index contributed by atoms with van der Waals surface area (Å²) < 4.78 is 0. The van der Waals surface area contributed by atoms with Gasteiger partial charge in [0.1, 0.15) is 0 Å². The van der Waals surface area contributed by atoms with E-state index in [1.165, 1.54) is 5.75 Å². The van der Waals surface area contributed by atoms with Crippen LogP contribution in [0.5, 0.6) is 0 Å². The Labute approximate surface area is 67.3 Å². The van der Waals surface area contributed by atoms with Crippen LogP contribution in [0.15, 0.2) is 12.2 Å². The molecule has 0 amide bonds. The van der Waals surface area contributed by atoms with Gasteiger partial charge in [0, 0.05) is 23.6 Å². The summed E-state index contributed by atoms with van der Waals surface area (Å²) in [5.74, 6) is 1.17. The van der Waals surface area contributed by atoms with E-state index in [-0.39, 0.29) is 0 Å². The van der Waals surface area contributed by atoms with Gasteiger partial charge in [0.25, 0.3) is 0 Å². The topological polar surface area (TPSA) is 12.0 Å². The fourth-order valence-electron chi connectivity index (χ4n) is 0.923. The van der Waals surface area contributed by atoms with Crippen LogP contribution in [0.2, 0.25) is 0 Å². The predicted molar refractivity (Wildman–Crippen MR) is 48.5 cm³/mol. The molecule has 58 valence electrons. The summed E-state index contributed by atoms with van der Waals surface area (Å²) in [6.07, 6.45) is 4.44. The molecule has 0 bridgehead atoms. The van der Waals surface area contributed by atoms with Crippen LogP contribution in [0.4, 0.5) is 0 Å². The molecule has 2 heteroatoms. The van der Waals surface area contributed by atoms with Crippen molar-refractivity contribution in [3.63, 3.8) is 0 Å². The Balaban J connectivity index is 2.40. The van der Waals surface area contributed by atoms with Gasteiger partial charge in [-0.3, -0.25) is 0 Å². The normalized spacial score (nSPS) is 38.2. The number of hydrogen-bond donors (Lipinski definition) is 1. The molecular weight excluding hydrogens is 142 g/mol. The average molecular weight is 157 g/mol. The summed E-state index contributed by atoms with van der Waals surface area (Å²) in [6.45, 7) is 5.56. The number of rotatable bonds is 0. The molecule has 0 radical (unpaired) electrons. The lowest BCUT2D eigenvalue weighted by atomic mass is 10.2. The summed E-state index contributed by atoms with van der Waals surface area (Å²) in [5.41, 5.74) is 0. The zero-order chi connectivity index (χ0) is 7.40. The van der Waals surface area contributed by atoms with Crippen LogP contribution in [0, 0.1) is 0 Å². The van der Waals surface area contributed by atoms with Crippen LogP contribution in [0.25, 0.3) is 0 Å². The lowest BCUT2D eigenvalue weighted by Crippen LogP contribution is -2.34. The van der Waals surface area contributed by atoms with Crippen molar-refractivity contribution < 1.29 is 0 Å². The van der Waals surface area contributed by atoms with Crippen molar-refractivity contribution in [1.29, 1.82) is 0 Å². The monoisotopic (exact) mass is 157 g/mol. The van der Waals surface area contributed by atoms with E-state index in [9.17, 15) is 0 Å². The molecule has 0 saturated heterocycles. The Morgan fingerprint density at radius 1 is 1.40 bits per heavy atom. The van der Waals surface area contributed by atoms with Gasteiger partial charge in [-0.2, -0.15) is 11.8 Å². The Kier molecular flexibility index (Phi) is 3.29. The first kappa shape index (κ1) is 8.15. The fraction of sp³-hybridized carbons (Fsp3) is 0.750. The molecule has 0 fully saturated rings. The minimum Gasteiger partial charge on any atom is -0.310 e. The maximum atomic E-state index is 3.43. The van der Waals surface area contributed by atoms with Crippen LogP contribution in [0.3, 0.4) is 0 Å². The van der Waals surface area contributed by atoms with Gasteiger partial charge in [-0.1, -0.05) is 19.1 Å². The fourth-order valence-corrected chi connectivity index (χ4v) is 1.86. The highest BCUT2D eigenvalue weighted by atomic mass is 32.2. The molecule has 2 unspecified atom stereocenters. The molecular formula is C8H15NS. The minimum atomic E-state index is 0.648. The zero-order valence-electron chi connectivity index (χ0n) is 6.63.